The Morgan fingerprint density at radius 3 is 2.73 bits per heavy atom. The molecule has 0 unspecified atom stereocenters. The first kappa shape index (κ1) is 9.40. The molecule has 1 saturated carbocycles. The van der Waals surface area contributed by atoms with Gasteiger partial charge in [0.2, 0.25) is 5.91 Å². The first-order valence-electron chi connectivity index (χ1n) is 5.25. The normalized spacial score (nSPS) is 21.1. The van der Waals surface area contributed by atoms with E-state index in [2.05, 4.69) is 40.3 Å². The number of carbonyl (C=O) groups is 1. The molecule has 1 aliphatic heterocycles. The summed E-state index contributed by atoms with van der Waals surface area (Å²) in [6.07, 6.45) is 3.17. The molecule has 0 saturated heterocycles. The number of nitrogens with one attached hydrogen (secondary N) is 1. The standard InChI is InChI=1S/C12H12BrNO/c1-7-5-8-10(9(13)6-7)14-11(15)12(8)3-2-4-12/h5-6H,2-4H2,1H3,(H,14,15). The van der Waals surface area contributed by atoms with Gasteiger partial charge in [-0.05, 0) is 52.9 Å². The molecular weight excluding hydrogens is 254 g/mol. The summed E-state index contributed by atoms with van der Waals surface area (Å²) in [7, 11) is 0. The molecule has 1 N–H and O–H groups in total. The molecule has 1 fully saturated rings. The fraction of sp³-hybridized carbons (Fsp3) is 0.417. The summed E-state index contributed by atoms with van der Waals surface area (Å²) in [6.45, 7) is 2.07. The van der Waals surface area contributed by atoms with Crippen molar-refractivity contribution in [3.05, 3.63) is 27.7 Å². The zero-order chi connectivity index (χ0) is 10.6. The minimum Gasteiger partial charge on any atom is -0.324 e. The van der Waals surface area contributed by atoms with E-state index in [1.807, 2.05) is 0 Å². The number of benzene rings is 1. The lowest BCUT2D eigenvalue weighted by Crippen LogP contribution is -2.40. The molecule has 1 heterocycles. The molecular formula is C12H12BrNO. The fourth-order valence-corrected chi connectivity index (χ4v) is 3.30. The molecule has 1 spiro atoms. The molecule has 1 aromatic carbocycles. The van der Waals surface area contributed by atoms with Crippen LogP contribution in [0.2, 0.25) is 0 Å². The van der Waals surface area contributed by atoms with Gasteiger partial charge in [-0.2, -0.15) is 0 Å². The van der Waals surface area contributed by atoms with Gasteiger partial charge in [0.25, 0.3) is 0 Å². The lowest BCUT2D eigenvalue weighted by Gasteiger charge is -2.36. The van der Waals surface area contributed by atoms with Crippen LogP contribution in [-0.2, 0) is 10.2 Å². The summed E-state index contributed by atoms with van der Waals surface area (Å²) in [5, 5.41) is 3.00. The van der Waals surface area contributed by atoms with Crippen molar-refractivity contribution in [2.45, 2.75) is 31.6 Å². The molecule has 1 aliphatic carbocycles. The highest BCUT2D eigenvalue weighted by molar-refractivity contribution is 9.10. The van der Waals surface area contributed by atoms with E-state index in [9.17, 15) is 4.79 Å². The lowest BCUT2D eigenvalue weighted by molar-refractivity contribution is -0.123. The average Bonchev–Trinajstić information content (AvgIpc) is 2.37. The first-order valence-corrected chi connectivity index (χ1v) is 6.05. The van der Waals surface area contributed by atoms with Gasteiger partial charge in [0.05, 0.1) is 11.1 Å². The average molecular weight is 266 g/mol. The summed E-state index contributed by atoms with van der Waals surface area (Å²) in [6, 6.07) is 4.20. The van der Waals surface area contributed by atoms with Crippen molar-refractivity contribution < 1.29 is 4.79 Å². The molecule has 0 atom stereocenters. The summed E-state index contributed by atoms with van der Waals surface area (Å²) in [5.41, 5.74) is 3.21. The molecule has 0 aromatic heterocycles. The van der Waals surface area contributed by atoms with Crippen LogP contribution < -0.4 is 5.32 Å². The van der Waals surface area contributed by atoms with E-state index in [0.29, 0.717) is 0 Å². The Morgan fingerprint density at radius 1 is 1.40 bits per heavy atom. The van der Waals surface area contributed by atoms with Crippen molar-refractivity contribution in [1.29, 1.82) is 0 Å². The summed E-state index contributed by atoms with van der Waals surface area (Å²) in [5.74, 6) is 0.190. The van der Waals surface area contributed by atoms with E-state index in [1.54, 1.807) is 0 Å². The Hall–Kier alpha value is -0.830. The highest BCUT2D eigenvalue weighted by Crippen LogP contribution is 2.52. The third-order valence-corrected chi connectivity index (χ3v) is 4.26. The highest BCUT2D eigenvalue weighted by Gasteiger charge is 2.51. The van der Waals surface area contributed by atoms with E-state index in [1.165, 1.54) is 17.5 Å². The second-order valence-corrected chi connectivity index (χ2v) is 5.41. The molecule has 2 nitrogen and oxygen atoms in total. The van der Waals surface area contributed by atoms with Crippen molar-refractivity contribution in [1.82, 2.24) is 0 Å². The van der Waals surface area contributed by atoms with E-state index in [-0.39, 0.29) is 11.3 Å². The Morgan fingerprint density at radius 2 is 2.13 bits per heavy atom. The zero-order valence-electron chi connectivity index (χ0n) is 8.56. The number of rotatable bonds is 0. The second kappa shape index (κ2) is 2.85. The second-order valence-electron chi connectivity index (χ2n) is 4.56. The summed E-state index contributed by atoms with van der Waals surface area (Å²) in [4.78, 5) is 12.0. The number of carbonyl (C=O) groups excluding carboxylic acids is 1. The van der Waals surface area contributed by atoms with Gasteiger partial charge < -0.3 is 5.32 Å². The van der Waals surface area contributed by atoms with Crippen molar-refractivity contribution in [2.75, 3.05) is 5.32 Å². The fourth-order valence-electron chi connectivity index (χ4n) is 2.63. The van der Waals surface area contributed by atoms with Gasteiger partial charge in [0.15, 0.2) is 0 Å². The maximum atomic E-state index is 12.0. The largest absolute Gasteiger partial charge is 0.324 e. The van der Waals surface area contributed by atoms with Crippen molar-refractivity contribution in [2.24, 2.45) is 0 Å². The molecule has 3 rings (SSSR count). The predicted molar refractivity (Wildman–Crippen MR) is 63.0 cm³/mol. The van der Waals surface area contributed by atoms with Gasteiger partial charge in [-0.1, -0.05) is 12.5 Å². The van der Waals surface area contributed by atoms with E-state index >= 15 is 0 Å². The van der Waals surface area contributed by atoms with Gasteiger partial charge in [-0.3, -0.25) is 4.79 Å². The van der Waals surface area contributed by atoms with Crippen LogP contribution in [0.25, 0.3) is 0 Å². The number of halogens is 1. The van der Waals surface area contributed by atoms with Gasteiger partial charge >= 0.3 is 0 Å². The van der Waals surface area contributed by atoms with Crippen LogP contribution in [0.3, 0.4) is 0 Å². The molecule has 0 radical (unpaired) electrons. The molecule has 0 bridgehead atoms. The van der Waals surface area contributed by atoms with Crippen LogP contribution in [0.4, 0.5) is 5.69 Å². The molecule has 3 heteroatoms. The van der Waals surface area contributed by atoms with Crippen molar-refractivity contribution >= 4 is 27.5 Å². The van der Waals surface area contributed by atoms with Crippen LogP contribution in [0.5, 0.6) is 0 Å². The topological polar surface area (TPSA) is 29.1 Å². The molecule has 1 aromatic rings. The van der Waals surface area contributed by atoms with Crippen molar-refractivity contribution in [3.8, 4) is 0 Å². The third kappa shape index (κ3) is 1.07. The zero-order valence-corrected chi connectivity index (χ0v) is 10.1. The van der Waals surface area contributed by atoms with Crippen LogP contribution in [-0.4, -0.2) is 5.91 Å². The number of hydrogen-bond donors (Lipinski definition) is 1. The predicted octanol–water partition coefficient (Wildman–Crippen LogP) is 3.13. The number of anilines is 1. The smallest absolute Gasteiger partial charge is 0.235 e. The Labute approximate surface area is 97.2 Å². The quantitative estimate of drug-likeness (QED) is 0.768. The molecule has 78 valence electrons. The van der Waals surface area contributed by atoms with Crippen LogP contribution in [0.1, 0.15) is 30.4 Å². The van der Waals surface area contributed by atoms with Gasteiger partial charge in [-0.15, -0.1) is 0 Å². The third-order valence-electron chi connectivity index (χ3n) is 3.63. The van der Waals surface area contributed by atoms with Crippen LogP contribution >= 0.6 is 15.9 Å². The Balaban J connectivity index is 2.24. The molecule has 2 aliphatic rings. The summed E-state index contributed by atoms with van der Waals surface area (Å²) < 4.78 is 1.01. The van der Waals surface area contributed by atoms with Crippen LogP contribution in [0.15, 0.2) is 16.6 Å². The number of aryl methyl sites for hydroxylation is 1. The van der Waals surface area contributed by atoms with Gasteiger partial charge in [0.1, 0.15) is 0 Å². The molecule has 1 amide bonds. The number of amides is 1. The first-order chi connectivity index (χ1) is 7.13. The maximum Gasteiger partial charge on any atom is 0.235 e. The SMILES string of the molecule is Cc1cc(Br)c2c(c1)C1(CCC1)C(=O)N2. The minimum absolute atomic E-state index is 0.190. The lowest BCUT2D eigenvalue weighted by atomic mass is 9.65. The molecule has 15 heavy (non-hydrogen) atoms. The number of fused-ring (bicyclic) bond motifs is 2. The highest BCUT2D eigenvalue weighted by atomic mass is 79.9. The van der Waals surface area contributed by atoms with Gasteiger partial charge in [0, 0.05) is 4.47 Å². The van der Waals surface area contributed by atoms with Crippen LogP contribution in [0, 0.1) is 6.92 Å². The maximum absolute atomic E-state index is 12.0. The minimum atomic E-state index is -0.191. The summed E-state index contributed by atoms with van der Waals surface area (Å²) >= 11 is 3.52. The van der Waals surface area contributed by atoms with Crippen molar-refractivity contribution in [3.63, 3.8) is 0 Å². The van der Waals surface area contributed by atoms with Gasteiger partial charge in [-0.25, -0.2) is 0 Å². The Bertz CT molecular complexity index is 463. The van der Waals surface area contributed by atoms with E-state index in [0.717, 1.165) is 23.0 Å². The van der Waals surface area contributed by atoms with E-state index in [4.69, 9.17) is 0 Å². The number of hydrogen-bond acceptors (Lipinski definition) is 1. The van der Waals surface area contributed by atoms with E-state index < -0.39 is 0 Å². The monoisotopic (exact) mass is 265 g/mol. The Kier molecular flexibility index (Phi) is 1.78.